The van der Waals surface area contributed by atoms with Crippen LogP contribution in [-0.4, -0.2) is 0 Å². The quantitative estimate of drug-likeness (QED) is 0.252. The first kappa shape index (κ1) is 17.5. The lowest BCUT2D eigenvalue weighted by atomic mass is 9.89. The zero-order valence-electron chi connectivity index (χ0n) is 17.5. The molecule has 0 nitrogen and oxygen atoms in total. The molecule has 0 spiro atoms. The van der Waals surface area contributed by atoms with Gasteiger partial charge in [-0.2, -0.15) is 0 Å². The largest absolute Gasteiger partial charge is 0.0616 e. The molecule has 0 heterocycles. The molecule has 0 N–H and O–H groups in total. The monoisotopic (exact) mass is 404 g/mol. The summed E-state index contributed by atoms with van der Waals surface area (Å²) in [5, 5.41) is 10.6. The van der Waals surface area contributed by atoms with Crippen LogP contribution in [-0.2, 0) is 0 Å². The van der Waals surface area contributed by atoms with Crippen LogP contribution in [0.5, 0.6) is 0 Å². The molecule has 0 aromatic heterocycles. The summed E-state index contributed by atoms with van der Waals surface area (Å²) in [6.45, 7) is 0. The first-order valence-corrected chi connectivity index (χ1v) is 11.1. The summed E-state index contributed by atoms with van der Waals surface area (Å²) in [5.41, 5.74) is 5.08. The summed E-state index contributed by atoms with van der Waals surface area (Å²) < 4.78 is 0. The van der Waals surface area contributed by atoms with Gasteiger partial charge in [0.25, 0.3) is 0 Å². The average molecular weight is 405 g/mol. The lowest BCUT2D eigenvalue weighted by molar-refractivity contribution is 1.63. The van der Waals surface area contributed by atoms with Crippen molar-refractivity contribution in [3.63, 3.8) is 0 Å². The number of hydrogen-bond donors (Lipinski definition) is 0. The molecule has 0 saturated heterocycles. The fourth-order valence-electron chi connectivity index (χ4n) is 5.29. The highest BCUT2D eigenvalue weighted by molar-refractivity contribution is 6.25. The van der Waals surface area contributed by atoms with Crippen molar-refractivity contribution >= 4 is 43.1 Å². The lowest BCUT2D eigenvalue weighted by Gasteiger charge is -2.14. The Kier molecular flexibility index (Phi) is 3.65. The van der Waals surface area contributed by atoms with Crippen molar-refractivity contribution in [1.29, 1.82) is 0 Å². The molecule has 0 aliphatic rings. The minimum Gasteiger partial charge on any atom is -0.0616 e. The molecule has 0 heteroatoms. The second kappa shape index (κ2) is 6.67. The van der Waals surface area contributed by atoms with Crippen LogP contribution in [0.15, 0.2) is 121 Å². The summed E-state index contributed by atoms with van der Waals surface area (Å²) in [7, 11) is 0. The Morgan fingerprint density at radius 1 is 0.281 bits per heavy atom. The van der Waals surface area contributed by atoms with E-state index in [2.05, 4.69) is 121 Å². The Bertz CT molecular complexity index is 1730. The third kappa shape index (κ3) is 2.50. The average Bonchev–Trinajstić information content (AvgIpc) is 2.87. The Hall–Kier alpha value is -4.16. The van der Waals surface area contributed by atoms with Crippen molar-refractivity contribution in [1.82, 2.24) is 0 Å². The number of benzene rings is 7. The smallest absolute Gasteiger partial charge is 0.00206 e. The Morgan fingerprint density at radius 3 is 1.59 bits per heavy atom. The molecule has 0 aliphatic heterocycles. The van der Waals surface area contributed by atoms with Crippen LogP contribution in [0.4, 0.5) is 0 Å². The highest BCUT2D eigenvalue weighted by atomic mass is 14.2. The highest BCUT2D eigenvalue weighted by Crippen LogP contribution is 2.39. The first-order valence-electron chi connectivity index (χ1n) is 11.1. The Labute approximate surface area is 186 Å². The molecule has 7 rings (SSSR count). The fraction of sp³-hybridized carbons (Fsp3) is 0. The number of fused-ring (bicyclic) bond motifs is 1. The van der Waals surface area contributed by atoms with E-state index in [0.29, 0.717) is 0 Å². The van der Waals surface area contributed by atoms with Gasteiger partial charge >= 0.3 is 0 Å². The zero-order valence-corrected chi connectivity index (χ0v) is 17.5. The maximum Gasteiger partial charge on any atom is -0.00206 e. The van der Waals surface area contributed by atoms with Crippen LogP contribution in [0.3, 0.4) is 0 Å². The minimum atomic E-state index is 1.25. The maximum atomic E-state index is 2.29. The van der Waals surface area contributed by atoms with Gasteiger partial charge in [0.1, 0.15) is 0 Å². The van der Waals surface area contributed by atoms with Crippen molar-refractivity contribution in [3.05, 3.63) is 121 Å². The molecule has 0 fully saturated rings. The van der Waals surface area contributed by atoms with Crippen molar-refractivity contribution in [2.75, 3.05) is 0 Å². The normalized spacial score (nSPS) is 11.8. The molecule has 7 aromatic rings. The lowest BCUT2D eigenvalue weighted by Crippen LogP contribution is -1.87. The standard InChI is InChI=1S/C32H20/c1-2-9-27-21(5-1)6-4-10-28(27)22-11-13-23(14-12-22)29-19-17-26-16-15-24-7-3-8-25-18-20-30(29)32(26)31(24)25/h1-20H. The first-order chi connectivity index (χ1) is 15.9. The topological polar surface area (TPSA) is 0 Å². The van der Waals surface area contributed by atoms with Gasteiger partial charge in [-0.15, -0.1) is 0 Å². The van der Waals surface area contributed by atoms with Gasteiger partial charge in [0, 0.05) is 0 Å². The van der Waals surface area contributed by atoms with E-state index in [9.17, 15) is 0 Å². The van der Waals surface area contributed by atoms with Crippen LogP contribution in [0.1, 0.15) is 0 Å². The number of hydrogen-bond acceptors (Lipinski definition) is 0. The van der Waals surface area contributed by atoms with Gasteiger partial charge in [-0.05, 0) is 65.3 Å². The van der Waals surface area contributed by atoms with E-state index >= 15 is 0 Å². The molecule has 0 radical (unpaired) electrons. The highest BCUT2D eigenvalue weighted by Gasteiger charge is 2.12. The van der Waals surface area contributed by atoms with Gasteiger partial charge in [-0.25, -0.2) is 0 Å². The van der Waals surface area contributed by atoms with Gasteiger partial charge in [0.2, 0.25) is 0 Å². The summed E-state index contributed by atoms with van der Waals surface area (Å²) >= 11 is 0. The molecule has 0 saturated carbocycles. The third-order valence-corrected chi connectivity index (χ3v) is 6.83. The van der Waals surface area contributed by atoms with Crippen molar-refractivity contribution in [2.24, 2.45) is 0 Å². The summed E-state index contributed by atoms with van der Waals surface area (Å²) in [5.74, 6) is 0. The van der Waals surface area contributed by atoms with E-state index in [1.807, 2.05) is 0 Å². The van der Waals surface area contributed by atoms with Crippen LogP contribution < -0.4 is 0 Å². The van der Waals surface area contributed by atoms with E-state index in [1.54, 1.807) is 0 Å². The van der Waals surface area contributed by atoms with Gasteiger partial charge < -0.3 is 0 Å². The molecule has 0 bridgehead atoms. The van der Waals surface area contributed by atoms with Crippen LogP contribution in [0.2, 0.25) is 0 Å². The second-order valence-electron chi connectivity index (χ2n) is 8.57. The van der Waals surface area contributed by atoms with Crippen molar-refractivity contribution < 1.29 is 0 Å². The maximum absolute atomic E-state index is 2.29. The van der Waals surface area contributed by atoms with Gasteiger partial charge in [0.15, 0.2) is 0 Å². The Morgan fingerprint density at radius 2 is 0.812 bits per heavy atom. The zero-order chi connectivity index (χ0) is 21.1. The summed E-state index contributed by atoms with van der Waals surface area (Å²) in [4.78, 5) is 0. The van der Waals surface area contributed by atoms with Crippen molar-refractivity contribution in [3.8, 4) is 22.3 Å². The molecular weight excluding hydrogens is 384 g/mol. The van der Waals surface area contributed by atoms with E-state index in [4.69, 9.17) is 0 Å². The van der Waals surface area contributed by atoms with Gasteiger partial charge in [-0.3, -0.25) is 0 Å². The predicted octanol–water partition coefficient (Wildman–Crippen LogP) is 9.07. The van der Waals surface area contributed by atoms with E-state index in [-0.39, 0.29) is 0 Å². The van der Waals surface area contributed by atoms with Crippen molar-refractivity contribution in [2.45, 2.75) is 0 Å². The molecular formula is C32H20. The van der Waals surface area contributed by atoms with E-state index in [1.165, 1.54) is 65.3 Å². The molecule has 32 heavy (non-hydrogen) atoms. The number of rotatable bonds is 2. The summed E-state index contributed by atoms with van der Waals surface area (Å²) in [6, 6.07) is 44.3. The molecule has 0 unspecified atom stereocenters. The molecule has 148 valence electrons. The fourth-order valence-corrected chi connectivity index (χ4v) is 5.29. The van der Waals surface area contributed by atoms with Crippen LogP contribution in [0, 0.1) is 0 Å². The van der Waals surface area contributed by atoms with Gasteiger partial charge in [-0.1, -0.05) is 121 Å². The van der Waals surface area contributed by atoms with E-state index < -0.39 is 0 Å². The van der Waals surface area contributed by atoms with Crippen LogP contribution >= 0.6 is 0 Å². The third-order valence-electron chi connectivity index (χ3n) is 6.83. The molecule has 0 amide bonds. The second-order valence-corrected chi connectivity index (χ2v) is 8.57. The van der Waals surface area contributed by atoms with Gasteiger partial charge in [0.05, 0.1) is 0 Å². The van der Waals surface area contributed by atoms with E-state index in [0.717, 1.165) is 0 Å². The SMILES string of the molecule is c1ccc2c(-c3ccc(-c4ccc5ccc6cccc7ccc4c5c67)cc3)cccc2c1. The van der Waals surface area contributed by atoms with Crippen LogP contribution in [0.25, 0.3) is 65.3 Å². The molecule has 7 aromatic carbocycles. The predicted molar refractivity (Wildman–Crippen MR) is 139 cm³/mol. The summed E-state index contributed by atoms with van der Waals surface area (Å²) in [6.07, 6.45) is 0. The Balaban J connectivity index is 1.42. The molecule has 0 atom stereocenters. The molecule has 0 aliphatic carbocycles. The minimum absolute atomic E-state index is 1.25.